The second-order valence-electron chi connectivity index (χ2n) is 4.63. The summed E-state index contributed by atoms with van der Waals surface area (Å²) < 4.78 is 0. The van der Waals surface area contributed by atoms with Crippen LogP contribution in [0.3, 0.4) is 0 Å². The lowest BCUT2D eigenvalue weighted by Gasteiger charge is -2.05. The van der Waals surface area contributed by atoms with Crippen molar-refractivity contribution in [1.82, 2.24) is 5.32 Å². The highest BCUT2D eigenvalue weighted by Gasteiger charge is 2.05. The van der Waals surface area contributed by atoms with Crippen LogP contribution in [0.2, 0.25) is 10.0 Å². The SMILES string of the molecule is CNC(=O)c1cccc(NC(=O)/C=C/c2cccc(Cl)c2Cl)c1. The smallest absolute Gasteiger partial charge is 0.251 e. The molecule has 4 nitrogen and oxygen atoms in total. The Hall–Kier alpha value is -2.30. The van der Waals surface area contributed by atoms with Crippen LogP contribution in [-0.2, 0) is 4.79 Å². The molecule has 23 heavy (non-hydrogen) atoms. The lowest BCUT2D eigenvalue weighted by molar-refractivity contribution is -0.111. The molecule has 0 radical (unpaired) electrons. The van der Waals surface area contributed by atoms with Crippen LogP contribution in [-0.4, -0.2) is 18.9 Å². The summed E-state index contributed by atoms with van der Waals surface area (Å²) in [6.07, 6.45) is 2.93. The van der Waals surface area contributed by atoms with E-state index in [0.29, 0.717) is 26.9 Å². The third kappa shape index (κ3) is 4.58. The Bertz CT molecular complexity index is 773. The maximum absolute atomic E-state index is 12.0. The summed E-state index contributed by atoms with van der Waals surface area (Å²) in [5, 5.41) is 6.02. The fourth-order valence-corrected chi connectivity index (χ4v) is 2.25. The predicted octanol–water partition coefficient (Wildman–Crippen LogP) is 4.00. The zero-order chi connectivity index (χ0) is 16.8. The Kier molecular flexibility index (Phi) is 5.79. The molecule has 0 saturated heterocycles. The van der Waals surface area contributed by atoms with Crippen molar-refractivity contribution in [2.75, 3.05) is 12.4 Å². The summed E-state index contributed by atoms with van der Waals surface area (Å²) in [6.45, 7) is 0. The Morgan fingerprint density at radius 2 is 1.83 bits per heavy atom. The first-order chi connectivity index (χ1) is 11.0. The van der Waals surface area contributed by atoms with Gasteiger partial charge in [-0.1, -0.05) is 41.4 Å². The average molecular weight is 349 g/mol. The highest BCUT2D eigenvalue weighted by Crippen LogP contribution is 2.26. The first-order valence-electron chi connectivity index (χ1n) is 6.76. The van der Waals surface area contributed by atoms with Crippen LogP contribution in [0.25, 0.3) is 6.08 Å². The molecule has 118 valence electrons. The highest BCUT2D eigenvalue weighted by atomic mass is 35.5. The predicted molar refractivity (Wildman–Crippen MR) is 94.0 cm³/mol. The Labute approximate surface area is 144 Å². The zero-order valence-electron chi connectivity index (χ0n) is 12.3. The van der Waals surface area contributed by atoms with Gasteiger partial charge in [0.25, 0.3) is 5.91 Å². The second-order valence-corrected chi connectivity index (χ2v) is 5.41. The number of rotatable bonds is 4. The minimum Gasteiger partial charge on any atom is -0.355 e. The molecule has 0 heterocycles. The molecule has 0 bridgehead atoms. The number of carbonyl (C=O) groups is 2. The molecule has 2 amide bonds. The van der Waals surface area contributed by atoms with Crippen LogP contribution < -0.4 is 10.6 Å². The van der Waals surface area contributed by atoms with E-state index in [1.807, 2.05) is 0 Å². The molecule has 0 aromatic heterocycles. The maximum atomic E-state index is 12.0. The quantitative estimate of drug-likeness (QED) is 0.820. The number of benzene rings is 2. The Balaban J connectivity index is 2.09. The maximum Gasteiger partial charge on any atom is 0.251 e. The highest BCUT2D eigenvalue weighted by molar-refractivity contribution is 6.42. The zero-order valence-corrected chi connectivity index (χ0v) is 13.8. The molecule has 2 N–H and O–H groups in total. The molecule has 2 rings (SSSR count). The first-order valence-corrected chi connectivity index (χ1v) is 7.52. The minimum absolute atomic E-state index is 0.220. The molecule has 0 aliphatic rings. The van der Waals surface area contributed by atoms with Crippen LogP contribution in [0.15, 0.2) is 48.5 Å². The van der Waals surface area contributed by atoms with Crippen LogP contribution in [0.5, 0.6) is 0 Å². The van der Waals surface area contributed by atoms with Gasteiger partial charge in [-0.3, -0.25) is 9.59 Å². The summed E-state index contributed by atoms with van der Waals surface area (Å²) >= 11 is 12.0. The van der Waals surface area contributed by atoms with Gasteiger partial charge in [-0.05, 0) is 35.9 Å². The summed E-state index contributed by atoms with van der Waals surface area (Å²) in [5.41, 5.74) is 1.64. The van der Waals surface area contributed by atoms with Gasteiger partial charge in [0.1, 0.15) is 0 Å². The summed E-state index contributed by atoms with van der Waals surface area (Å²) in [4.78, 5) is 23.5. The summed E-state index contributed by atoms with van der Waals surface area (Å²) in [6, 6.07) is 11.8. The number of hydrogen-bond donors (Lipinski definition) is 2. The monoisotopic (exact) mass is 348 g/mol. The molecular weight excluding hydrogens is 335 g/mol. The van der Waals surface area contributed by atoms with Crippen molar-refractivity contribution in [2.24, 2.45) is 0 Å². The lowest BCUT2D eigenvalue weighted by Crippen LogP contribution is -2.18. The van der Waals surface area contributed by atoms with Gasteiger partial charge in [-0.15, -0.1) is 0 Å². The van der Waals surface area contributed by atoms with Crippen molar-refractivity contribution >= 4 is 46.8 Å². The van der Waals surface area contributed by atoms with Crippen molar-refractivity contribution < 1.29 is 9.59 Å². The fourth-order valence-electron chi connectivity index (χ4n) is 1.88. The van der Waals surface area contributed by atoms with Crippen molar-refractivity contribution in [3.8, 4) is 0 Å². The van der Waals surface area contributed by atoms with Gasteiger partial charge >= 0.3 is 0 Å². The topological polar surface area (TPSA) is 58.2 Å². The van der Waals surface area contributed by atoms with E-state index in [2.05, 4.69) is 10.6 Å². The van der Waals surface area contributed by atoms with Gasteiger partial charge in [0.2, 0.25) is 5.91 Å². The largest absolute Gasteiger partial charge is 0.355 e. The van der Waals surface area contributed by atoms with Gasteiger partial charge in [0.15, 0.2) is 0 Å². The molecule has 0 fully saturated rings. The van der Waals surface area contributed by atoms with Gasteiger partial charge in [0, 0.05) is 24.4 Å². The molecule has 0 saturated carbocycles. The van der Waals surface area contributed by atoms with Gasteiger partial charge in [-0.25, -0.2) is 0 Å². The van der Waals surface area contributed by atoms with E-state index >= 15 is 0 Å². The number of halogens is 2. The number of anilines is 1. The molecule has 0 unspecified atom stereocenters. The molecule has 0 spiro atoms. The van der Waals surface area contributed by atoms with E-state index in [0.717, 1.165) is 0 Å². The van der Waals surface area contributed by atoms with Crippen LogP contribution in [0.1, 0.15) is 15.9 Å². The van der Waals surface area contributed by atoms with E-state index < -0.39 is 0 Å². The third-order valence-corrected chi connectivity index (χ3v) is 3.85. The van der Waals surface area contributed by atoms with Crippen LogP contribution in [0, 0.1) is 0 Å². The van der Waals surface area contributed by atoms with Crippen LogP contribution >= 0.6 is 23.2 Å². The van der Waals surface area contributed by atoms with Crippen molar-refractivity contribution in [3.05, 3.63) is 69.7 Å². The van der Waals surface area contributed by atoms with Crippen molar-refractivity contribution in [2.45, 2.75) is 0 Å². The van der Waals surface area contributed by atoms with E-state index in [1.54, 1.807) is 55.6 Å². The van der Waals surface area contributed by atoms with E-state index in [9.17, 15) is 9.59 Å². The normalized spacial score (nSPS) is 10.6. The van der Waals surface area contributed by atoms with E-state index in [1.165, 1.54) is 6.08 Å². The number of amides is 2. The number of carbonyl (C=O) groups excluding carboxylic acids is 2. The number of nitrogens with one attached hydrogen (secondary N) is 2. The second kappa shape index (κ2) is 7.81. The van der Waals surface area contributed by atoms with Gasteiger partial charge < -0.3 is 10.6 Å². The molecule has 2 aromatic carbocycles. The molecule has 0 aliphatic carbocycles. The number of hydrogen-bond acceptors (Lipinski definition) is 2. The molecular formula is C17H14Cl2N2O2. The molecule has 0 aliphatic heterocycles. The summed E-state index contributed by atoms with van der Waals surface area (Å²) in [5.74, 6) is -0.558. The molecule has 6 heteroatoms. The van der Waals surface area contributed by atoms with Crippen molar-refractivity contribution in [3.63, 3.8) is 0 Å². The fraction of sp³-hybridized carbons (Fsp3) is 0.0588. The Morgan fingerprint density at radius 3 is 2.57 bits per heavy atom. The molecule has 2 aromatic rings. The van der Waals surface area contributed by atoms with E-state index in [-0.39, 0.29) is 11.8 Å². The minimum atomic E-state index is -0.338. The summed E-state index contributed by atoms with van der Waals surface area (Å²) in [7, 11) is 1.55. The van der Waals surface area contributed by atoms with Crippen molar-refractivity contribution in [1.29, 1.82) is 0 Å². The van der Waals surface area contributed by atoms with E-state index in [4.69, 9.17) is 23.2 Å². The standard InChI is InChI=1S/C17H14Cl2N2O2/c1-20-17(23)12-5-2-6-13(10-12)21-15(22)9-8-11-4-3-7-14(18)16(11)19/h2-10H,1H3,(H,20,23)(H,21,22)/b9-8+. The molecule has 0 atom stereocenters. The average Bonchev–Trinajstić information content (AvgIpc) is 2.55. The lowest BCUT2D eigenvalue weighted by atomic mass is 10.2. The Morgan fingerprint density at radius 1 is 1.09 bits per heavy atom. The van der Waals surface area contributed by atoms with Gasteiger partial charge in [0.05, 0.1) is 10.0 Å². The first kappa shape index (κ1) is 17.1. The third-order valence-electron chi connectivity index (χ3n) is 3.02. The van der Waals surface area contributed by atoms with Gasteiger partial charge in [-0.2, -0.15) is 0 Å². The van der Waals surface area contributed by atoms with Crippen LogP contribution in [0.4, 0.5) is 5.69 Å².